The molecule has 0 aliphatic rings. The summed E-state index contributed by atoms with van der Waals surface area (Å²) >= 11 is 6.33. The molecule has 0 fully saturated rings. The van der Waals surface area contributed by atoms with Gasteiger partial charge in [-0.2, -0.15) is 0 Å². The van der Waals surface area contributed by atoms with Crippen LogP contribution in [-0.4, -0.2) is 18.4 Å². The third kappa shape index (κ3) is 6.74. The summed E-state index contributed by atoms with van der Waals surface area (Å²) in [6.07, 6.45) is 1.72. The summed E-state index contributed by atoms with van der Waals surface area (Å²) in [5, 5.41) is 6.03. The summed E-state index contributed by atoms with van der Waals surface area (Å²) in [5.41, 5.74) is 4.23. The van der Waals surface area contributed by atoms with E-state index in [2.05, 4.69) is 22.8 Å². The number of hydrogen-bond donors (Lipinski definition) is 2. The van der Waals surface area contributed by atoms with Crippen molar-refractivity contribution < 1.29 is 14.3 Å². The highest BCUT2D eigenvalue weighted by molar-refractivity contribution is 6.34. The molecule has 0 heterocycles. The Kier molecular flexibility index (Phi) is 8.37. The van der Waals surface area contributed by atoms with E-state index in [1.54, 1.807) is 48.5 Å². The first-order valence-electron chi connectivity index (χ1n) is 11.8. The van der Waals surface area contributed by atoms with Crippen molar-refractivity contribution in [1.29, 1.82) is 0 Å². The van der Waals surface area contributed by atoms with Crippen molar-refractivity contribution in [2.75, 3.05) is 17.2 Å². The molecule has 2 amide bonds. The number of halogens is 1. The Morgan fingerprint density at radius 2 is 1.39 bits per heavy atom. The van der Waals surface area contributed by atoms with Crippen molar-refractivity contribution in [3.63, 3.8) is 0 Å². The molecule has 0 aliphatic carbocycles. The van der Waals surface area contributed by atoms with Gasteiger partial charge in [0.05, 0.1) is 17.3 Å². The Labute approximate surface area is 216 Å². The molecule has 2 N–H and O–H groups in total. The number of hydrogen-bond acceptors (Lipinski definition) is 3. The molecule has 36 heavy (non-hydrogen) atoms. The van der Waals surface area contributed by atoms with E-state index in [9.17, 15) is 9.59 Å². The lowest BCUT2D eigenvalue weighted by Gasteiger charge is -2.11. The summed E-state index contributed by atoms with van der Waals surface area (Å²) in [6, 6.07) is 29.7. The second kappa shape index (κ2) is 12.0. The molecule has 0 saturated carbocycles. The summed E-state index contributed by atoms with van der Waals surface area (Å²) in [4.78, 5) is 25.7. The van der Waals surface area contributed by atoms with Crippen LogP contribution in [0.25, 0.3) is 0 Å². The number of ether oxygens (including phenoxy) is 1. The zero-order chi connectivity index (χ0) is 25.3. The van der Waals surface area contributed by atoms with Crippen molar-refractivity contribution in [3.8, 4) is 5.75 Å². The summed E-state index contributed by atoms with van der Waals surface area (Å²) < 4.78 is 5.43. The molecule has 0 aliphatic heterocycles. The van der Waals surface area contributed by atoms with Crippen LogP contribution in [0.5, 0.6) is 5.75 Å². The minimum Gasteiger partial charge on any atom is -0.494 e. The Balaban J connectivity index is 1.42. The topological polar surface area (TPSA) is 67.4 Å². The number of aryl methyl sites for hydroxylation is 2. The number of nitrogens with one attached hydrogen (secondary N) is 2. The van der Waals surface area contributed by atoms with Crippen LogP contribution in [0.2, 0.25) is 5.02 Å². The fourth-order valence-electron chi connectivity index (χ4n) is 3.76. The Hall–Kier alpha value is -4.09. The highest BCUT2D eigenvalue weighted by Crippen LogP contribution is 2.25. The highest BCUT2D eigenvalue weighted by Gasteiger charge is 2.13. The zero-order valence-corrected chi connectivity index (χ0v) is 20.7. The SMILES string of the molecule is CCOc1ccc(NC(=O)c2ccc(Cl)c(NC(=O)c3cccc(CCc4ccccc4)c3)c2)cc1. The average Bonchev–Trinajstić information content (AvgIpc) is 2.90. The van der Waals surface area contributed by atoms with Gasteiger partial charge in [0.25, 0.3) is 11.8 Å². The molecule has 4 rings (SSSR count). The van der Waals surface area contributed by atoms with E-state index in [0.717, 1.165) is 24.2 Å². The molecule has 4 aromatic carbocycles. The van der Waals surface area contributed by atoms with Crippen LogP contribution in [0.1, 0.15) is 38.8 Å². The normalized spacial score (nSPS) is 10.5. The van der Waals surface area contributed by atoms with Crippen molar-refractivity contribution in [2.45, 2.75) is 19.8 Å². The van der Waals surface area contributed by atoms with Gasteiger partial charge >= 0.3 is 0 Å². The van der Waals surface area contributed by atoms with Crippen molar-refractivity contribution in [1.82, 2.24) is 0 Å². The standard InChI is InChI=1S/C30H27ClN2O3/c1-2-36-26-16-14-25(15-17-26)32-29(34)24-13-18-27(31)28(20-24)33-30(35)23-10-6-9-22(19-23)12-11-21-7-4-3-5-8-21/h3-10,13-20H,2,11-12H2,1H3,(H,32,34)(H,33,35). The predicted octanol–water partition coefficient (Wildman–Crippen LogP) is 7.03. The molecule has 0 aromatic heterocycles. The first-order valence-corrected chi connectivity index (χ1v) is 12.2. The number of benzene rings is 4. The molecule has 0 atom stereocenters. The molecular weight excluding hydrogens is 472 g/mol. The van der Waals surface area contributed by atoms with Gasteiger partial charge in [-0.3, -0.25) is 9.59 Å². The minimum atomic E-state index is -0.311. The molecule has 0 spiro atoms. The molecule has 0 radical (unpaired) electrons. The van der Waals surface area contributed by atoms with E-state index in [0.29, 0.717) is 34.1 Å². The van der Waals surface area contributed by atoms with Gasteiger partial charge in [0.1, 0.15) is 5.75 Å². The second-order valence-electron chi connectivity index (χ2n) is 8.25. The maximum absolute atomic E-state index is 13.0. The van der Waals surface area contributed by atoms with Crippen LogP contribution < -0.4 is 15.4 Å². The van der Waals surface area contributed by atoms with Gasteiger partial charge in [-0.05, 0) is 85.5 Å². The van der Waals surface area contributed by atoms with Gasteiger partial charge in [-0.25, -0.2) is 0 Å². The maximum Gasteiger partial charge on any atom is 0.255 e. The fraction of sp³-hybridized carbons (Fsp3) is 0.133. The van der Waals surface area contributed by atoms with Crippen molar-refractivity contribution in [3.05, 3.63) is 124 Å². The van der Waals surface area contributed by atoms with Crippen molar-refractivity contribution >= 4 is 34.8 Å². The third-order valence-electron chi connectivity index (χ3n) is 5.63. The van der Waals surface area contributed by atoms with Crippen LogP contribution in [0.15, 0.2) is 97.1 Å². The molecule has 5 nitrogen and oxygen atoms in total. The lowest BCUT2D eigenvalue weighted by Crippen LogP contribution is -2.15. The monoisotopic (exact) mass is 498 g/mol. The second-order valence-corrected chi connectivity index (χ2v) is 8.65. The van der Waals surface area contributed by atoms with E-state index < -0.39 is 0 Å². The third-order valence-corrected chi connectivity index (χ3v) is 5.96. The lowest BCUT2D eigenvalue weighted by molar-refractivity contribution is 0.101. The zero-order valence-electron chi connectivity index (χ0n) is 20.0. The Bertz CT molecular complexity index is 1340. The predicted molar refractivity (Wildman–Crippen MR) is 145 cm³/mol. The van der Waals surface area contributed by atoms with Gasteiger partial charge < -0.3 is 15.4 Å². The molecule has 182 valence electrons. The van der Waals surface area contributed by atoms with Crippen molar-refractivity contribution in [2.24, 2.45) is 0 Å². The van der Waals surface area contributed by atoms with Gasteiger partial charge in [0.2, 0.25) is 0 Å². The first-order chi connectivity index (χ1) is 17.5. The van der Waals surface area contributed by atoms with Gasteiger partial charge in [-0.1, -0.05) is 54.1 Å². The quantitative estimate of drug-likeness (QED) is 0.260. The van der Waals surface area contributed by atoms with Crippen LogP contribution in [0.4, 0.5) is 11.4 Å². The summed E-state index contributed by atoms with van der Waals surface area (Å²) in [6.45, 7) is 2.48. The smallest absolute Gasteiger partial charge is 0.255 e. The van der Waals surface area contributed by atoms with E-state index >= 15 is 0 Å². The van der Waals surface area contributed by atoms with E-state index in [1.807, 2.05) is 43.3 Å². The molecule has 6 heteroatoms. The molecule has 0 bridgehead atoms. The first kappa shape index (κ1) is 25.0. The maximum atomic E-state index is 13.0. The number of carbonyl (C=O) groups is 2. The number of rotatable bonds is 9. The van der Waals surface area contributed by atoms with Gasteiger partial charge in [0.15, 0.2) is 0 Å². The van der Waals surface area contributed by atoms with Crippen LogP contribution >= 0.6 is 11.6 Å². The minimum absolute atomic E-state index is 0.289. The molecule has 4 aromatic rings. The van der Waals surface area contributed by atoms with Gasteiger partial charge in [0, 0.05) is 16.8 Å². The molecular formula is C30H27ClN2O3. The summed E-state index contributed by atoms with van der Waals surface area (Å²) in [5.74, 6) is 0.132. The van der Waals surface area contributed by atoms with E-state index in [1.165, 1.54) is 5.56 Å². The van der Waals surface area contributed by atoms with Crippen LogP contribution in [-0.2, 0) is 12.8 Å². The number of amides is 2. The molecule has 0 saturated heterocycles. The average molecular weight is 499 g/mol. The lowest BCUT2D eigenvalue weighted by atomic mass is 10.0. The Morgan fingerprint density at radius 1 is 0.722 bits per heavy atom. The highest BCUT2D eigenvalue weighted by atomic mass is 35.5. The summed E-state index contributed by atoms with van der Waals surface area (Å²) in [7, 11) is 0. The van der Waals surface area contributed by atoms with Gasteiger partial charge in [-0.15, -0.1) is 0 Å². The van der Waals surface area contributed by atoms with E-state index in [4.69, 9.17) is 16.3 Å². The Morgan fingerprint density at radius 3 is 2.14 bits per heavy atom. The van der Waals surface area contributed by atoms with Crippen LogP contribution in [0.3, 0.4) is 0 Å². The van der Waals surface area contributed by atoms with E-state index in [-0.39, 0.29) is 11.8 Å². The number of carbonyl (C=O) groups excluding carboxylic acids is 2. The number of anilines is 2. The largest absolute Gasteiger partial charge is 0.494 e. The molecule has 0 unspecified atom stereocenters. The fourth-order valence-corrected chi connectivity index (χ4v) is 3.93. The van der Waals surface area contributed by atoms with Crippen LogP contribution in [0, 0.1) is 0 Å².